The van der Waals surface area contributed by atoms with E-state index in [2.05, 4.69) is 24.5 Å². The van der Waals surface area contributed by atoms with Crippen LogP contribution in [0, 0.1) is 16.7 Å². The highest BCUT2D eigenvalue weighted by atomic mass is 16.2. The minimum Gasteiger partial charge on any atom is -0.370 e. The van der Waals surface area contributed by atoms with Gasteiger partial charge in [-0.3, -0.25) is 15.0 Å². The van der Waals surface area contributed by atoms with Crippen molar-refractivity contribution in [2.75, 3.05) is 6.54 Å². The molecule has 21 heavy (non-hydrogen) atoms. The van der Waals surface area contributed by atoms with Crippen molar-refractivity contribution in [3.05, 3.63) is 0 Å². The molecule has 0 spiro atoms. The second kappa shape index (κ2) is 7.28. The number of guanidine groups is 1. The minimum atomic E-state index is -0.569. The van der Waals surface area contributed by atoms with Crippen LogP contribution in [-0.2, 0) is 9.59 Å². The number of piperidine rings is 1. The van der Waals surface area contributed by atoms with Gasteiger partial charge in [-0.25, -0.2) is 0 Å². The van der Waals surface area contributed by atoms with Crippen molar-refractivity contribution in [1.82, 2.24) is 10.6 Å². The fourth-order valence-corrected chi connectivity index (χ4v) is 3.28. The van der Waals surface area contributed by atoms with Gasteiger partial charge in [0, 0.05) is 12.5 Å². The molecule has 120 valence electrons. The number of hydrogen-bond donors (Lipinski definition) is 5. The highest BCUT2D eigenvalue weighted by Crippen LogP contribution is 2.42. The van der Waals surface area contributed by atoms with Crippen molar-refractivity contribution < 1.29 is 9.59 Å². The third-order valence-electron chi connectivity index (χ3n) is 4.29. The molecular formula is C14H27N5O2. The van der Waals surface area contributed by atoms with E-state index in [1.807, 2.05) is 0 Å². The van der Waals surface area contributed by atoms with Crippen LogP contribution < -0.4 is 22.1 Å². The van der Waals surface area contributed by atoms with E-state index >= 15 is 0 Å². The monoisotopic (exact) mass is 297 g/mol. The molecule has 2 amide bonds. The minimum absolute atomic E-state index is 0.0618. The van der Waals surface area contributed by atoms with Crippen molar-refractivity contribution in [2.24, 2.45) is 22.8 Å². The van der Waals surface area contributed by atoms with E-state index in [9.17, 15) is 9.59 Å². The Morgan fingerprint density at radius 1 is 1.52 bits per heavy atom. The second-order valence-corrected chi connectivity index (χ2v) is 6.11. The van der Waals surface area contributed by atoms with Gasteiger partial charge in [-0.1, -0.05) is 20.3 Å². The summed E-state index contributed by atoms with van der Waals surface area (Å²) in [6, 6.07) is -0.569. The molecule has 0 aromatic rings. The molecule has 1 rings (SSSR count). The number of amides is 2. The first-order valence-electron chi connectivity index (χ1n) is 7.47. The van der Waals surface area contributed by atoms with E-state index in [4.69, 9.17) is 16.9 Å². The maximum absolute atomic E-state index is 12.3. The Morgan fingerprint density at radius 2 is 2.19 bits per heavy atom. The van der Waals surface area contributed by atoms with Crippen LogP contribution in [0.15, 0.2) is 0 Å². The molecule has 0 aliphatic carbocycles. The van der Waals surface area contributed by atoms with Crippen LogP contribution in [0.5, 0.6) is 0 Å². The van der Waals surface area contributed by atoms with Crippen molar-refractivity contribution in [3.8, 4) is 0 Å². The number of nitrogens with two attached hydrogens (primary N) is 2. The Balaban J connectivity index is 2.71. The zero-order valence-corrected chi connectivity index (χ0v) is 12.9. The molecule has 0 aromatic carbocycles. The van der Waals surface area contributed by atoms with Gasteiger partial charge in [0.2, 0.25) is 11.8 Å². The molecule has 1 aliphatic heterocycles. The van der Waals surface area contributed by atoms with Gasteiger partial charge < -0.3 is 22.1 Å². The first kappa shape index (κ1) is 17.3. The predicted octanol–water partition coefficient (Wildman–Crippen LogP) is 0.0461. The fraction of sp³-hybridized carbons (Fsp3) is 0.786. The fourth-order valence-electron chi connectivity index (χ4n) is 3.28. The maximum atomic E-state index is 12.3. The van der Waals surface area contributed by atoms with Gasteiger partial charge in [-0.15, -0.1) is 0 Å². The summed E-state index contributed by atoms with van der Waals surface area (Å²) in [5.41, 5.74) is 10.4. The van der Waals surface area contributed by atoms with Gasteiger partial charge in [0.05, 0.1) is 0 Å². The molecule has 0 aromatic heterocycles. The third kappa shape index (κ3) is 4.61. The molecule has 0 radical (unpaired) electrons. The lowest BCUT2D eigenvalue weighted by molar-refractivity contribution is -0.139. The molecule has 1 fully saturated rings. The Morgan fingerprint density at radius 3 is 2.71 bits per heavy atom. The molecule has 7 nitrogen and oxygen atoms in total. The SMILES string of the molecule is CCCC1(C)C[C@H](C(N)=O)NC(=O)[C@@H]1CCCNC(=N)N. The van der Waals surface area contributed by atoms with Gasteiger partial charge in [0.15, 0.2) is 5.96 Å². The number of hydrogen-bond acceptors (Lipinski definition) is 3. The highest BCUT2D eigenvalue weighted by Gasteiger charge is 2.45. The summed E-state index contributed by atoms with van der Waals surface area (Å²) in [5, 5.41) is 12.6. The second-order valence-electron chi connectivity index (χ2n) is 6.11. The van der Waals surface area contributed by atoms with Crippen LogP contribution in [0.4, 0.5) is 0 Å². The van der Waals surface area contributed by atoms with E-state index in [0.717, 1.165) is 19.3 Å². The first-order valence-corrected chi connectivity index (χ1v) is 7.47. The zero-order valence-electron chi connectivity index (χ0n) is 12.9. The van der Waals surface area contributed by atoms with E-state index in [1.54, 1.807) is 0 Å². The van der Waals surface area contributed by atoms with Gasteiger partial charge in [-0.2, -0.15) is 0 Å². The number of primary amides is 1. The number of carbonyl (C=O) groups is 2. The summed E-state index contributed by atoms with van der Waals surface area (Å²) in [6.45, 7) is 4.71. The lowest BCUT2D eigenvalue weighted by Crippen LogP contribution is -2.57. The third-order valence-corrected chi connectivity index (χ3v) is 4.29. The Labute approximate surface area is 125 Å². The standard InChI is InChI=1S/C14H27N5O2/c1-3-6-14(2)8-10(11(15)20)19-12(21)9(14)5-4-7-18-13(16)17/h9-10H,3-8H2,1-2H3,(H2,15,20)(H,19,21)(H4,16,17,18)/t9-,10+,14?/m0/s1. The van der Waals surface area contributed by atoms with E-state index < -0.39 is 11.9 Å². The van der Waals surface area contributed by atoms with Crippen molar-refractivity contribution in [2.45, 2.75) is 52.0 Å². The van der Waals surface area contributed by atoms with Crippen LogP contribution in [0.3, 0.4) is 0 Å². The van der Waals surface area contributed by atoms with E-state index in [1.165, 1.54) is 0 Å². The molecule has 0 bridgehead atoms. The molecule has 1 heterocycles. The molecule has 1 unspecified atom stereocenters. The maximum Gasteiger partial charge on any atom is 0.240 e. The first-order chi connectivity index (χ1) is 9.80. The highest BCUT2D eigenvalue weighted by molar-refractivity contribution is 5.89. The van der Waals surface area contributed by atoms with E-state index in [0.29, 0.717) is 19.4 Å². The predicted molar refractivity (Wildman–Crippen MR) is 81.4 cm³/mol. The summed E-state index contributed by atoms with van der Waals surface area (Å²) in [4.78, 5) is 23.7. The Kier molecular flexibility index (Phi) is 5.99. The smallest absolute Gasteiger partial charge is 0.240 e. The van der Waals surface area contributed by atoms with Crippen molar-refractivity contribution in [1.29, 1.82) is 5.41 Å². The zero-order chi connectivity index (χ0) is 16.0. The molecular weight excluding hydrogens is 270 g/mol. The van der Waals surface area contributed by atoms with Gasteiger partial charge >= 0.3 is 0 Å². The Bertz CT molecular complexity index is 412. The number of nitrogens with one attached hydrogen (secondary N) is 3. The average Bonchev–Trinajstić information content (AvgIpc) is 2.36. The summed E-state index contributed by atoms with van der Waals surface area (Å²) < 4.78 is 0. The number of carbonyl (C=O) groups excluding carboxylic acids is 2. The molecule has 1 saturated heterocycles. The largest absolute Gasteiger partial charge is 0.370 e. The van der Waals surface area contributed by atoms with Crippen LogP contribution >= 0.6 is 0 Å². The normalized spacial score (nSPS) is 28.8. The molecule has 7 heteroatoms. The molecule has 7 N–H and O–H groups in total. The Hall–Kier alpha value is -1.79. The molecule has 3 atom stereocenters. The van der Waals surface area contributed by atoms with Gasteiger partial charge in [0.25, 0.3) is 0 Å². The van der Waals surface area contributed by atoms with Crippen LogP contribution in [0.25, 0.3) is 0 Å². The lowest BCUT2D eigenvalue weighted by atomic mass is 9.65. The lowest BCUT2D eigenvalue weighted by Gasteiger charge is -2.43. The van der Waals surface area contributed by atoms with Gasteiger partial charge in [-0.05, 0) is 31.1 Å². The quantitative estimate of drug-likeness (QED) is 0.258. The number of rotatable bonds is 7. The molecule has 1 aliphatic rings. The van der Waals surface area contributed by atoms with Gasteiger partial charge in [0.1, 0.15) is 6.04 Å². The summed E-state index contributed by atoms with van der Waals surface area (Å²) in [5.74, 6) is -0.763. The summed E-state index contributed by atoms with van der Waals surface area (Å²) >= 11 is 0. The van der Waals surface area contributed by atoms with Crippen LogP contribution in [-0.4, -0.2) is 30.4 Å². The van der Waals surface area contributed by atoms with Crippen molar-refractivity contribution >= 4 is 17.8 Å². The van der Waals surface area contributed by atoms with Crippen molar-refractivity contribution in [3.63, 3.8) is 0 Å². The van der Waals surface area contributed by atoms with Crippen LogP contribution in [0.1, 0.15) is 46.0 Å². The topological polar surface area (TPSA) is 134 Å². The van der Waals surface area contributed by atoms with E-state index in [-0.39, 0.29) is 23.2 Å². The van der Waals surface area contributed by atoms with Crippen LogP contribution in [0.2, 0.25) is 0 Å². The average molecular weight is 297 g/mol. The summed E-state index contributed by atoms with van der Waals surface area (Å²) in [6.07, 6.45) is 3.88. The summed E-state index contributed by atoms with van der Waals surface area (Å²) in [7, 11) is 0. The molecule has 0 saturated carbocycles.